The summed E-state index contributed by atoms with van der Waals surface area (Å²) in [5.74, 6) is -4.48. The lowest BCUT2D eigenvalue weighted by molar-refractivity contribution is -0.172. The number of hydrogen-bond acceptors (Lipinski definition) is 8. The SMILES string of the molecule is C=C1C(=O)OC2/C=C(\C)CC/C=C(/C(=O)O)C(OC(=O)C3(C)OC3C)C(OC(C)=O)C12. The lowest BCUT2D eigenvalue weighted by Crippen LogP contribution is -2.47. The van der Waals surface area contributed by atoms with Crippen molar-refractivity contribution in [1.82, 2.24) is 0 Å². The molecule has 2 aliphatic heterocycles. The Morgan fingerprint density at radius 2 is 1.94 bits per heavy atom. The van der Waals surface area contributed by atoms with Crippen LogP contribution in [0.1, 0.15) is 40.5 Å². The zero-order chi connectivity index (χ0) is 23.1. The van der Waals surface area contributed by atoms with Gasteiger partial charge in [-0.3, -0.25) is 4.79 Å². The molecule has 6 unspecified atom stereocenters. The van der Waals surface area contributed by atoms with E-state index in [1.54, 1.807) is 13.0 Å². The van der Waals surface area contributed by atoms with Crippen LogP contribution in [0.4, 0.5) is 0 Å². The van der Waals surface area contributed by atoms with E-state index in [0.717, 1.165) is 12.5 Å². The Kier molecular flexibility index (Phi) is 6.09. The second-order valence-electron chi connectivity index (χ2n) is 8.20. The van der Waals surface area contributed by atoms with Crippen LogP contribution in [0.5, 0.6) is 0 Å². The van der Waals surface area contributed by atoms with Crippen molar-refractivity contribution >= 4 is 23.9 Å². The van der Waals surface area contributed by atoms with Gasteiger partial charge in [0, 0.05) is 12.5 Å². The smallest absolute Gasteiger partial charge is 0.341 e. The summed E-state index contributed by atoms with van der Waals surface area (Å²) in [5.41, 5.74) is -0.608. The molecule has 168 valence electrons. The highest BCUT2D eigenvalue weighted by Crippen LogP contribution is 2.41. The third-order valence-electron chi connectivity index (χ3n) is 5.90. The highest BCUT2D eigenvalue weighted by atomic mass is 16.7. The molecule has 3 aliphatic rings. The number of carbonyl (C=O) groups is 4. The molecule has 0 spiro atoms. The molecule has 9 nitrogen and oxygen atoms in total. The van der Waals surface area contributed by atoms with Crippen LogP contribution >= 0.6 is 0 Å². The van der Waals surface area contributed by atoms with E-state index in [4.69, 9.17) is 18.9 Å². The second-order valence-corrected chi connectivity index (χ2v) is 8.20. The second kappa shape index (κ2) is 8.30. The van der Waals surface area contributed by atoms with Gasteiger partial charge in [-0.1, -0.05) is 18.2 Å². The first-order chi connectivity index (χ1) is 14.5. The number of carboxylic acid groups (broad SMARTS) is 1. The maximum absolute atomic E-state index is 12.8. The summed E-state index contributed by atoms with van der Waals surface area (Å²) in [6.07, 6.45) is -0.0845. The molecular weight excluding hydrogens is 408 g/mol. The molecule has 0 aromatic carbocycles. The van der Waals surface area contributed by atoms with Crippen LogP contribution in [0.15, 0.2) is 35.5 Å². The maximum Gasteiger partial charge on any atom is 0.341 e. The number of epoxide rings is 1. The number of allylic oxidation sites excluding steroid dienone is 2. The Morgan fingerprint density at radius 1 is 1.29 bits per heavy atom. The van der Waals surface area contributed by atoms with Gasteiger partial charge in [0.1, 0.15) is 6.10 Å². The van der Waals surface area contributed by atoms with Crippen molar-refractivity contribution in [3.05, 3.63) is 35.5 Å². The first-order valence-electron chi connectivity index (χ1n) is 10.0. The van der Waals surface area contributed by atoms with Crippen molar-refractivity contribution in [2.45, 2.75) is 70.6 Å². The van der Waals surface area contributed by atoms with Gasteiger partial charge in [0.2, 0.25) is 0 Å². The van der Waals surface area contributed by atoms with Crippen molar-refractivity contribution in [2.24, 2.45) is 5.92 Å². The molecule has 0 radical (unpaired) electrons. The maximum atomic E-state index is 12.8. The number of hydrogen-bond donors (Lipinski definition) is 1. The molecule has 0 aromatic heterocycles. The normalized spacial score (nSPS) is 38.5. The van der Waals surface area contributed by atoms with Gasteiger partial charge in [-0.15, -0.1) is 0 Å². The van der Waals surface area contributed by atoms with Gasteiger partial charge in [0.25, 0.3) is 0 Å². The van der Waals surface area contributed by atoms with Gasteiger partial charge in [-0.2, -0.15) is 0 Å². The summed E-state index contributed by atoms with van der Waals surface area (Å²) in [6.45, 7) is 9.94. The highest BCUT2D eigenvalue weighted by Gasteiger charge is 2.59. The van der Waals surface area contributed by atoms with Crippen LogP contribution < -0.4 is 0 Å². The van der Waals surface area contributed by atoms with Gasteiger partial charge < -0.3 is 24.1 Å². The van der Waals surface area contributed by atoms with Crippen LogP contribution in [0.25, 0.3) is 0 Å². The van der Waals surface area contributed by atoms with Gasteiger partial charge in [-0.25, -0.2) is 14.4 Å². The summed E-state index contributed by atoms with van der Waals surface area (Å²) in [5, 5.41) is 9.88. The molecule has 2 heterocycles. The summed E-state index contributed by atoms with van der Waals surface area (Å²) < 4.78 is 21.8. The van der Waals surface area contributed by atoms with Crippen LogP contribution in [0.3, 0.4) is 0 Å². The predicted molar refractivity (Wildman–Crippen MR) is 106 cm³/mol. The van der Waals surface area contributed by atoms with Crippen molar-refractivity contribution in [3.8, 4) is 0 Å². The van der Waals surface area contributed by atoms with E-state index in [1.807, 2.05) is 6.92 Å². The van der Waals surface area contributed by atoms with E-state index >= 15 is 0 Å². The summed E-state index contributed by atoms with van der Waals surface area (Å²) >= 11 is 0. The lowest BCUT2D eigenvalue weighted by Gasteiger charge is -2.33. The quantitative estimate of drug-likeness (QED) is 0.232. The third kappa shape index (κ3) is 4.41. The number of ether oxygens (including phenoxy) is 4. The number of esters is 3. The number of rotatable bonds is 4. The predicted octanol–water partition coefficient (Wildman–Crippen LogP) is 1.86. The average molecular weight is 434 g/mol. The average Bonchev–Trinajstić information content (AvgIpc) is 3.19. The first kappa shape index (κ1) is 22.7. The van der Waals surface area contributed by atoms with Crippen LogP contribution in [0, 0.1) is 5.92 Å². The van der Waals surface area contributed by atoms with E-state index in [2.05, 4.69) is 6.58 Å². The zero-order valence-electron chi connectivity index (χ0n) is 17.9. The number of carboxylic acids is 1. The van der Waals surface area contributed by atoms with E-state index < -0.39 is 59.8 Å². The largest absolute Gasteiger partial charge is 0.478 e. The van der Waals surface area contributed by atoms with Gasteiger partial charge in [-0.05, 0) is 39.7 Å². The van der Waals surface area contributed by atoms with Crippen molar-refractivity contribution in [3.63, 3.8) is 0 Å². The molecule has 0 bridgehead atoms. The van der Waals surface area contributed by atoms with E-state index in [-0.39, 0.29) is 11.1 Å². The molecule has 2 saturated heterocycles. The number of carbonyl (C=O) groups excluding carboxylic acids is 3. The van der Waals surface area contributed by atoms with Crippen LogP contribution in [0.2, 0.25) is 0 Å². The van der Waals surface area contributed by atoms with Gasteiger partial charge >= 0.3 is 23.9 Å². The molecule has 2 fully saturated rings. The van der Waals surface area contributed by atoms with E-state index in [9.17, 15) is 24.3 Å². The Morgan fingerprint density at radius 3 is 2.48 bits per heavy atom. The van der Waals surface area contributed by atoms with Gasteiger partial charge in [0.05, 0.1) is 17.6 Å². The topological polar surface area (TPSA) is 129 Å². The Bertz CT molecular complexity index is 899. The van der Waals surface area contributed by atoms with Crippen molar-refractivity contribution in [2.75, 3.05) is 0 Å². The van der Waals surface area contributed by atoms with E-state index in [1.165, 1.54) is 13.0 Å². The molecule has 9 heteroatoms. The number of aliphatic carboxylic acids is 1. The minimum atomic E-state index is -1.49. The summed E-state index contributed by atoms with van der Waals surface area (Å²) in [6, 6.07) is 0. The molecule has 0 amide bonds. The zero-order valence-corrected chi connectivity index (χ0v) is 17.9. The Balaban J connectivity index is 2.11. The molecule has 0 aromatic rings. The molecule has 1 aliphatic carbocycles. The van der Waals surface area contributed by atoms with Crippen LogP contribution in [-0.4, -0.2) is 59.0 Å². The third-order valence-corrected chi connectivity index (χ3v) is 5.90. The molecular formula is C22H26O9. The fraction of sp³-hybridized carbons (Fsp3) is 0.545. The first-order valence-corrected chi connectivity index (χ1v) is 10.0. The lowest BCUT2D eigenvalue weighted by atomic mass is 9.83. The molecule has 1 N–H and O–H groups in total. The van der Waals surface area contributed by atoms with Crippen molar-refractivity contribution < 1.29 is 43.2 Å². The Hall–Kier alpha value is -2.94. The van der Waals surface area contributed by atoms with E-state index in [0.29, 0.717) is 12.8 Å². The van der Waals surface area contributed by atoms with Gasteiger partial charge in [0.15, 0.2) is 17.8 Å². The molecule has 3 rings (SSSR count). The monoisotopic (exact) mass is 434 g/mol. The van der Waals surface area contributed by atoms with Crippen LogP contribution in [-0.2, 0) is 38.1 Å². The minimum Gasteiger partial charge on any atom is -0.478 e. The number of fused-ring (bicyclic) bond motifs is 1. The fourth-order valence-electron chi connectivity index (χ4n) is 3.88. The molecule has 0 saturated carbocycles. The summed E-state index contributed by atoms with van der Waals surface area (Å²) in [7, 11) is 0. The molecule has 31 heavy (non-hydrogen) atoms. The fourth-order valence-corrected chi connectivity index (χ4v) is 3.88. The molecule has 6 atom stereocenters. The van der Waals surface area contributed by atoms with Crippen molar-refractivity contribution in [1.29, 1.82) is 0 Å². The summed E-state index contributed by atoms with van der Waals surface area (Å²) in [4.78, 5) is 49.2. The highest BCUT2D eigenvalue weighted by molar-refractivity contribution is 5.92. The minimum absolute atomic E-state index is 0.00825. The Labute approximate surface area is 179 Å². The standard InChI is InChI=1S/C22H26O9/c1-10-7-6-8-14(19(24)25)17(30-21(27)22(5)12(3)31-22)18(28-13(4)23)16-11(2)20(26)29-15(16)9-10/h8-9,12,15-18H,2,6-7H2,1,3-5H3,(H,24,25)/b10-9+,14-8+.